The SMILES string of the molecule is Cn1nc2nc1-c1cc(ccn1)S(=O)(=O)c1c(F)cc3[nH]ccc3c1CCS(=O)(=O)CC(C)(C)CCC[C@]2(C)c1cccc(C[C@H](O)CO)c1. The fourth-order valence-corrected chi connectivity index (χ4v) is 10.7. The minimum absolute atomic E-state index is 0.104. The predicted molar refractivity (Wildman–Crippen MR) is 188 cm³/mol. The quantitative estimate of drug-likeness (QED) is 0.238. The third kappa shape index (κ3) is 6.98. The Bertz CT molecular complexity index is 2280. The van der Waals surface area contributed by atoms with E-state index in [2.05, 4.69) is 9.97 Å². The topological polar surface area (TPSA) is 168 Å². The number of nitrogens with one attached hydrogen (secondary N) is 1. The van der Waals surface area contributed by atoms with Crippen LogP contribution in [0.25, 0.3) is 22.4 Å². The molecule has 4 heterocycles. The van der Waals surface area contributed by atoms with Gasteiger partial charge >= 0.3 is 0 Å². The second-order valence-corrected chi connectivity index (χ2v) is 18.4. The molecule has 2 aromatic carbocycles. The highest BCUT2D eigenvalue weighted by molar-refractivity contribution is 7.92. The highest BCUT2D eigenvalue weighted by Gasteiger charge is 2.37. The number of benzene rings is 2. The Labute approximate surface area is 291 Å². The van der Waals surface area contributed by atoms with E-state index < -0.39 is 47.3 Å². The summed E-state index contributed by atoms with van der Waals surface area (Å²) in [5, 5.41) is 24.8. The van der Waals surface area contributed by atoms with Crippen LogP contribution in [-0.4, -0.2) is 76.0 Å². The van der Waals surface area contributed by atoms with Crippen molar-refractivity contribution < 1.29 is 31.4 Å². The van der Waals surface area contributed by atoms with Crippen molar-refractivity contribution in [3.8, 4) is 11.5 Å². The van der Waals surface area contributed by atoms with Gasteiger partial charge in [-0.15, -0.1) is 0 Å². The van der Waals surface area contributed by atoms with Gasteiger partial charge in [0.1, 0.15) is 16.4 Å². The van der Waals surface area contributed by atoms with Crippen LogP contribution >= 0.6 is 0 Å². The third-order valence-electron chi connectivity index (χ3n) is 9.71. The molecule has 4 bridgehead atoms. The molecule has 14 heteroatoms. The number of halogens is 1. The van der Waals surface area contributed by atoms with Gasteiger partial charge in [0.25, 0.3) is 0 Å². The molecule has 266 valence electrons. The molecule has 50 heavy (non-hydrogen) atoms. The zero-order chi connectivity index (χ0) is 36.1. The monoisotopic (exact) mass is 723 g/mol. The lowest BCUT2D eigenvalue weighted by Gasteiger charge is -2.31. The summed E-state index contributed by atoms with van der Waals surface area (Å²) < 4.78 is 73.3. The van der Waals surface area contributed by atoms with Crippen molar-refractivity contribution in [1.82, 2.24) is 24.7 Å². The highest BCUT2D eigenvalue weighted by atomic mass is 32.2. The molecular weight excluding hydrogens is 682 g/mol. The van der Waals surface area contributed by atoms with E-state index in [-0.39, 0.29) is 47.1 Å². The minimum atomic E-state index is -4.51. The van der Waals surface area contributed by atoms with E-state index >= 15 is 4.39 Å². The Morgan fingerprint density at radius 1 is 1.06 bits per heavy atom. The smallest absolute Gasteiger partial charge is 0.209 e. The van der Waals surface area contributed by atoms with Crippen LogP contribution in [0, 0.1) is 11.2 Å². The molecule has 1 aliphatic heterocycles. The molecule has 5 aromatic rings. The number of nitrogens with zero attached hydrogens (tertiary/aromatic N) is 4. The van der Waals surface area contributed by atoms with E-state index in [0.717, 1.165) is 17.2 Å². The standard InChI is InChI=1S/C36H42FN5O6S2/c1-35(2)12-6-13-36(3,24-8-5-7-23(17-24)18-25(44)21-43)34-40-33(42(4)41-34)31-19-26(9-14-39-31)50(47,48)32-28(11-16-49(45,46)22-35)27-10-15-38-30(27)20-29(32)37/h5,7-10,14-15,17,19-20,25,38,43-44H,6,11-13,16,18,21-22H2,1-4H3/t25-,36+/m0/s1. The summed E-state index contributed by atoms with van der Waals surface area (Å²) in [6, 6.07) is 13.0. The Balaban J connectivity index is 1.54. The van der Waals surface area contributed by atoms with Crippen molar-refractivity contribution in [2.75, 3.05) is 18.1 Å². The fourth-order valence-electron chi connectivity index (χ4n) is 7.10. The summed E-state index contributed by atoms with van der Waals surface area (Å²) in [6.07, 6.45) is 3.75. The van der Waals surface area contributed by atoms with Gasteiger partial charge in [0, 0.05) is 36.8 Å². The van der Waals surface area contributed by atoms with Gasteiger partial charge in [-0.05, 0) is 72.6 Å². The molecule has 0 aliphatic carbocycles. The number of sulfone groups is 2. The number of aromatic nitrogens is 5. The van der Waals surface area contributed by atoms with Crippen molar-refractivity contribution >= 4 is 30.6 Å². The van der Waals surface area contributed by atoms with Gasteiger partial charge in [-0.3, -0.25) is 4.98 Å². The van der Waals surface area contributed by atoms with Crippen molar-refractivity contribution in [1.29, 1.82) is 0 Å². The maximum absolute atomic E-state index is 15.9. The van der Waals surface area contributed by atoms with Crippen molar-refractivity contribution in [2.24, 2.45) is 12.5 Å². The van der Waals surface area contributed by atoms with Gasteiger partial charge in [0.2, 0.25) is 9.84 Å². The lowest BCUT2D eigenvalue weighted by atomic mass is 9.75. The molecule has 3 aromatic heterocycles. The van der Waals surface area contributed by atoms with Crippen LogP contribution in [0.5, 0.6) is 0 Å². The van der Waals surface area contributed by atoms with Crippen molar-refractivity contribution in [3.63, 3.8) is 0 Å². The number of aliphatic hydroxyl groups excluding tert-OH is 2. The minimum Gasteiger partial charge on any atom is -0.394 e. The van der Waals surface area contributed by atoms with Gasteiger partial charge < -0.3 is 15.2 Å². The number of hydrogen-bond donors (Lipinski definition) is 3. The van der Waals surface area contributed by atoms with Crippen LogP contribution in [0.4, 0.5) is 4.39 Å². The Morgan fingerprint density at radius 2 is 1.84 bits per heavy atom. The summed E-state index contributed by atoms with van der Waals surface area (Å²) in [5.41, 5.74) is 0.946. The Morgan fingerprint density at radius 3 is 2.60 bits per heavy atom. The van der Waals surface area contributed by atoms with Gasteiger partial charge in [0.05, 0.1) is 34.5 Å². The highest BCUT2D eigenvalue weighted by Crippen LogP contribution is 2.40. The molecule has 0 saturated heterocycles. The van der Waals surface area contributed by atoms with Crippen molar-refractivity contribution in [3.05, 3.63) is 89.3 Å². The number of pyridine rings is 1. The van der Waals surface area contributed by atoms with Gasteiger partial charge in [-0.25, -0.2) is 30.9 Å². The van der Waals surface area contributed by atoms with E-state index in [1.807, 2.05) is 45.0 Å². The molecule has 0 radical (unpaired) electrons. The number of rotatable bonds is 4. The van der Waals surface area contributed by atoms with Gasteiger partial charge in [-0.2, -0.15) is 5.10 Å². The average molecular weight is 724 g/mol. The molecule has 0 unspecified atom stereocenters. The maximum atomic E-state index is 15.9. The normalized spacial score (nSPS) is 21.2. The van der Waals surface area contributed by atoms with E-state index in [0.29, 0.717) is 41.8 Å². The summed E-state index contributed by atoms with van der Waals surface area (Å²) in [5.74, 6) is -0.719. The lowest BCUT2D eigenvalue weighted by molar-refractivity contribution is 0.0955. The van der Waals surface area contributed by atoms with Crippen molar-refractivity contribution in [2.45, 2.75) is 74.2 Å². The second kappa shape index (κ2) is 13.3. The first kappa shape index (κ1) is 35.8. The first-order valence-corrected chi connectivity index (χ1v) is 19.8. The fraction of sp³-hybridized carbons (Fsp3) is 0.417. The lowest BCUT2D eigenvalue weighted by Crippen LogP contribution is -2.29. The first-order valence-electron chi connectivity index (χ1n) is 16.5. The summed E-state index contributed by atoms with van der Waals surface area (Å²) in [6.45, 7) is 5.43. The molecule has 0 spiro atoms. The maximum Gasteiger partial charge on any atom is 0.209 e. The Hall–Kier alpha value is -3.98. The average Bonchev–Trinajstić information content (AvgIpc) is 3.69. The third-order valence-corrected chi connectivity index (χ3v) is 13.6. The van der Waals surface area contributed by atoms with E-state index in [9.17, 15) is 27.0 Å². The summed E-state index contributed by atoms with van der Waals surface area (Å²) >= 11 is 0. The number of fused-ring (bicyclic) bond motifs is 8. The van der Waals surface area contributed by atoms with Crippen LogP contribution in [0.3, 0.4) is 0 Å². The van der Waals surface area contributed by atoms with Crippen LogP contribution in [0.1, 0.15) is 62.5 Å². The van der Waals surface area contributed by atoms with Crippen LogP contribution in [-0.2, 0) is 45.0 Å². The zero-order valence-electron chi connectivity index (χ0n) is 28.5. The van der Waals surface area contributed by atoms with Gasteiger partial charge in [-0.1, -0.05) is 44.5 Å². The molecule has 3 N–H and O–H groups in total. The van der Waals surface area contributed by atoms with E-state index in [4.69, 9.17) is 10.1 Å². The van der Waals surface area contributed by atoms with E-state index in [1.54, 1.807) is 19.3 Å². The Kier molecular flexibility index (Phi) is 9.52. The van der Waals surface area contributed by atoms with Crippen LogP contribution in [0.15, 0.2) is 70.7 Å². The number of aromatic amines is 1. The molecule has 0 saturated carbocycles. The zero-order valence-corrected chi connectivity index (χ0v) is 30.2. The molecule has 11 nitrogen and oxygen atoms in total. The summed E-state index contributed by atoms with van der Waals surface area (Å²) in [4.78, 5) is 11.5. The van der Waals surface area contributed by atoms with Crippen LogP contribution in [0.2, 0.25) is 0 Å². The number of aryl methyl sites for hydroxylation is 2. The van der Waals surface area contributed by atoms with E-state index in [1.165, 1.54) is 23.0 Å². The van der Waals surface area contributed by atoms with Gasteiger partial charge in [0.15, 0.2) is 21.5 Å². The molecule has 6 rings (SSSR count). The largest absolute Gasteiger partial charge is 0.394 e. The molecular formula is C36H42FN5O6S2. The summed E-state index contributed by atoms with van der Waals surface area (Å²) in [7, 11) is -6.54. The number of hydrogen-bond acceptors (Lipinski definition) is 9. The second-order valence-electron chi connectivity index (χ2n) is 14.3. The molecule has 0 fully saturated rings. The molecule has 2 atom stereocenters. The number of H-pyrrole nitrogens is 1. The number of aliphatic hydroxyl groups is 2. The predicted octanol–water partition coefficient (Wildman–Crippen LogP) is 4.70. The van der Waals surface area contributed by atoms with Crippen LogP contribution < -0.4 is 0 Å². The molecule has 1 aliphatic rings. The molecule has 0 amide bonds. The first-order chi connectivity index (χ1) is 23.5.